The zero-order valence-corrected chi connectivity index (χ0v) is 13.2. The van der Waals surface area contributed by atoms with Gasteiger partial charge in [-0.15, -0.1) is 11.6 Å². The summed E-state index contributed by atoms with van der Waals surface area (Å²) >= 11 is 5.69. The molecule has 0 amide bonds. The summed E-state index contributed by atoms with van der Waals surface area (Å²) in [7, 11) is -3.41. The first-order chi connectivity index (χ1) is 9.06. The van der Waals surface area contributed by atoms with Gasteiger partial charge in [-0.1, -0.05) is 32.4 Å². The Balaban J connectivity index is 2.96. The van der Waals surface area contributed by atoms with Crippen molar-refractivity contribution in [3.63, 3.8) is 0 Å². The van der Waals surface area contributed by atoms with Crippen LogP contribution in [0.1, 0.15) is 32.3 Å². The van der Waals surface area contributed by atoms with Crippen LogP contribution in [-0.4, -0.2) is 31.7 Å². The fourth-order valence-electron chi connectivity index (χ4n) is 1.96. The van der Waals surface area contributed by atoms with Crippen molar-refractivity contribution in [3.05, 3.63) is 29.8 Å². The Hall–Kier alpha value is -0.580. The van der Waals surface area contributed by atoms with Gasteiger partial charge in [0.15, 0.2) is 0 Å². The molecule has 0 saturated carbocycles. The van der Waals surface area contributed by atoms with E-state index in [2.05, 4.69) is 6.92 Å². The van der Waals surface area contributed by atoms with Crippen LogP contribution in [0, 0.1) is 0 Å². The maximum atomic E-state index is 12.4. The molecule has 0 spiro atoms. The Morgan fingerprint density at radius 1 is 1.05 bits per heavy atom. The molecule has 108 valence electrons. The van der Waals surface area contributed by atoms with Crippen LogP contribution in [0.4, 0.5) is 0 Å². The quantitative estimate of drug-likeness (QED) is 0.691. The fraction of sp³-hybridized carbons (Fsp3) is 0.571. The maximum Gasteiger partial charge on any atom is 0.243 e. The summed E-state index contributed by atoms with van der Waals surface area (Å²) in [5.41, 5.74) is 1.17. The van der Waals surface area contributed by atoms with Gasteiger partial charge in [-0.25, -0.2) is 8.42 Å². The van der Waals surface area contributed by atoms with E-state index in [9.17, 15) is 8.42 Å². The summed E-state index contributed by atoms with van der Waals surface area (Å²) < 4.78 is 26.4. The van der Waals surface area contributed by atoms with Crippen LogP contribution >= 0.6 is 11.6 Å². The van der Waals surface area contributed by atoms with E-state index in [1.54, 1.807) is 12.1 Å². The van der Waals surface area contributed by atoms with Crippen LogP contribution in [-0.2, 0) is 16.4 Å². The number of sulfonamides is 1. The number of benzene rings is 1. The molecule has 0 bridgehead atoms. The van der Waals surface area contributed by atoms with Gasteiger partial charge in [-0.05, 0) is 30.5 Å². The van der Waals surface area contributed by atoms with Gasteiger partial charge in [-0.2, -0.15) is 4.31 Å². The molecule has 0 aliphatic heterocycles. The molecule has 0 aliphatic rings. The van der Waals surface area contributed by atoms with Gasteiger partial charge in [0.25, 0.3) is 0 Å². The minimum absolute atomic E-state index is 0.313. The van der Waals surface area contributed by atoms with Crippen LogP contribution < -0.4 is 0 Å². The molecule has 1 aromatic carbocycles. The van der Waals surface area contributed by atoms with E-state index in [-0.39, 0.29) is 0 Å². The van der Waals surface area contributed by atoms with Crippen molar-refractivity contribution in [2.75, 3.05) is 19.0 Å². The molecule has 0 aliphatic carbocycles. The highest BCUT2D eigenvalue weighted by molar-refractivity contribution is 7.89. The Morgan fingerprint density at radius 2 is 1.68 bits per heavy atom. The van der Waals surface area contributed by atoms with Crippen molar-refractivity contribution in [2.45, 2.75) is 38.0 Å². The second-order valence-electron chi connectivity index (χ2n) is 4.49. The zero-order valence-electron chi connectivity index (χ0n) is 11.6. The van der Waals surface area contributed by atoms with Gasteiger partial charge in [0.1, 0.15) is 0 Å². The predicted molar refractivity (Wildman–Crippen MR) is 80.2 cm³/mol. The summed E-state index contributed by atoms with van der Waals surface area (Å²) in [6, 6.07) is 7.16. The average molecular weight is 304 g/mol. The molecule has 0 heterocycles. The molecular weight excluding hydrogens is 282 g/mol. The number of hydrogen-bond donors (Lipinski definition) is 0. The first kappa shape index (κ1) is 16.5. The number of aryl methyl sites for hydroxylation is 1. The molecule has 0 aromatic heterocycles. The van der Waals surface area contributed by atoms with E-state index < -0.39 is 10.0 Å². The lowest BCUT2D eigenvalue weighted by Gasteiger charge is -2.20. The fourth-order valence-corrected chi connectivity index (χ4v) is 3.80. The molecule has 0 fully saturated rings. The minimum Gasteiger partial charge on any atom is -0.207 e. The predicted octanol–water partition coefficient (Wildman–Crippen LogP) is 3.28. The standard InChI is InChI=1S/C14H22ClNO2S/c1-3-5-13-6-8-14(9-7-13)19(17,18)16(11-4-2)12-10-15/h6-9H,3-5,10-12H2,1-2H3. The summed E-state index contributed by atoms with van der Waals surface area (Å²) in [5.74, 6) is 0.313. The Kier molecular flexibility index (Phi) is 6.83. The van der Waals surface area contributed by atoms with E-state index in [0.717, 1.165) is 19.3 Å². The van der Waals surface area contributed by atoms with Gasteiger partial charge in [0.05, 0.1) is 4.90 Å². The van der Waals surface area contributed by atoms with Crippen molar-refractivity contribution in [1.29, 1.82) is 0 Å². The molecule has 1 rings (SSSR count). The van der Waals surface area contributed by atoms with Crippen LogP contribution in [0.2, 0.25) is 0 Å². The Bertz CT molecular complexity index is 465. The average Bonchev–Trinajstić information content (AvgIpc) is 2.39. The number of halogens is 1. The normalized spacial score (nSPS) is 12.0. The Labute approximate surface area is 121 Å². The molecule has 5 heteroatoms. The van der Waals surface area contributed by atoms with Gasteiger partial charge in [0.2, 0.25) is 10.0 Å². The third-order valence-electron chi connectivity index (χ3n) is 2.91. The highest BCUT2D eigenvalue weighted by atomic mass is 35.5. The lowest BCUT2D eigenvalue weighted by atomic mass is 10.1. The SMILES string of the molecule is CCCc1ccc(S(=O)(=O)N(CCC)CCCl)cc1. The zero-order chi connectivity index (χ0) is 14.3. The van der Waals surface area contributed by atoms with E-state index >= 15 is 0 Å². The van der Waals surface area contributed by atoms with Crippen molar-refractivity contribution in [1.82, 2.24) is 4.31 Å². The van der Waals surface area contributed by atoms with Crippen LogP contribution in [0.5, 0.6) is 0 Å². The molecule has 0 N–H and O–H groups in total. The highest BCUT2D eigenvalue weighted by Gasteiger charge is 2.22. The van der Waals surface area contributed by atoms with Crippen molar-refractivity contribution in [3.8, 4) is 0 Å². The maximum absolute atomic E-state index is 12.4. The molecule has 0 radical (unpaired) electrons. The lowest BCUT2D eigenvalue weighted by molar-refractivity contribution is 0.428. The highest BCUT2D eigenvalue weighted by Crippen LogP contribution is 2.17. The third kappa shape index (κ3) is 4.48. The summed E-state index contributed by atoms with van der Waals surface area (Å²) in [6.07, 6.45) is 2.81. The largest absolute Gasteiger partial charge is 0.243 e. The number of rotatable bonds is 8. The van der Waals surface area contributed by atoms with Crippen LogP contribution in [0.3, 0.4) is 0 Å². The Morgan fingerprint density at radius 3 is 2.16 bits per heavy atom. The molecule has 1 aromatic rings. The van der Waals surface area contributed by atoms with E-state index in [4.69, 9.17) is 11.6 Å². The second-order valence-corrected chi connectivity index (χ2v) is 6.80. The van der Waals surface area contributed by atoms with Crippen LogP contribution in [0.25, 0.3) is 0 Å². The first-order valence-electron chi connectivity index (χ1n) is 6.71. The van der Waals surface area contributed by atoms with Gasteiger partial charge in [-0.3, -0.25) is 0 Å². The number of alkyl halides is 1. The van der Waals surface area contributed by atoms with E-state index in [0.29, 0.717) is 23.9 Å². The number of nitrogens with zero attached hydrogens (tertiary/aromatic N) is 1. The third-order valence-corrected chi connectivity index (χ3v) is 4.99. The van der Waals surface area contributed by atoms with E-state index in [1.807, 2.05) is 19.1 Å². The second kappa shape index (κ2) is 7.88. The van der Waals surface area contributed by atoms with Gasteiger partial charge >= 0.3 is 0 Å². The van der Waals surface area contributed by atoms with Crippen LogP contribution in [0.15, 0.2) is 29.2 Å². The molecular formula is C14H22ClNO2S. The van der Waals surface area contributed by atoms with E-state index in [1.165, 1.54) is 9.87 Å². The monoisotopic (exact) mass is 303 g/mol. The molecule has 3 nitrogen and oxygen atoms in total. The van der Waals surface area contributed by atoms with Gasteiger partial charge < -0.3 is 0 Å². The molecule has 0 saturated heterocycles. The van der Waals surface area contributed by atoms with Gasteiger partial charge in [0, 0.05) is 19.0 Å². The smallest absolute Gasteiger partial charge is 0.207 e. The minimum atomic E-state index is -3.41. The topological polar surface area (TPSA) is 37.4 Å². The van der Waals surface area contributed by atoms with Crippen molar-refractivity contribution >= 4 is 21.6 Å². The van der Waals surface area contributed by atoms with Crippen molar-refractivity contribution < 1.29 is 8.42 Å². The first-order valence-corrected chi connectivity index (χ1v) is 8.68. The summed E-state index contributed by atoms with van der Waals surface area (Å²) in [5, 5.41) is 0. The number of hydrogen-bond acceptors (Lipinski definition) is 2. The summed E-state index contributed by atoms with van der Waals surface area (Å²) in [4.78, 5) is 0.353. The summed E-state index contributed by atoms with van der Waals surface area (Å²) in [6.45, 7) is 4.93. The van der Waals surface area contributed by atoms with Crippen molar-refractivity contribution in [2.24, 2.45) is 0 Å². The molecule has 0 atom stereocenters. The molecule has 0 unspecified atom stereocenters. The molecule has 19 heavy (non-hydrogen) atoms. The lowest BCUT2D eigenvalue weighted by Crippen LogP contribution is -2.33.